The van der Waals surface area contributed by atoms with Crippen molar-refractivity contribution in [2.24, 2.45) is 0 Å². The van der Waals surface area contributed by atoms with Crippen LogP contribution in [0.4, 0.5) is 0 Å². The number of rotatable bonds is 3. The number of ether oxygens (including phenoxy) is 1. The number of hydrogen-bond donors (Lipinski definition) is 0. The quantitative estimate of drug-likeness (QED) is 0.626. The Bertz CT molecular complexity index is 568. The molecule has 2 rings (SSSR count). The Labute approximate surface area is 122 Å². The summed E-state index contributed by atoms with van der Waals surface area (Å²) < 4.78 is 6.43. The Morgan fingerprint density at radius 3 is 2.89 bits per heavy atom. The van der Waals surface area contributed by atoms with Gasteiger partial charge in [-0.05, 0) is 30.2 Å². The van der Waals surface area contributed by atoms with E-state index >= 15 is 0 Å². The first kappa shape index (κ1) is 15.1. The molecule has 0 amide bonds. The minimum atomic E-state index is -0.254. The Hall–Kier alpha value is -0.953. The number of esters is 1. The minimum absolute atomic E-state index is 0. The summed E-state index contributed by atoms with van der Waals surface area (Å²) >= 11 is 6.07. The Morgan fingerprint density at radius 1 is 1.50 bits per heavy atom. The summed E-state index contributed by atoms with van der Waals surface area (Å²) in [5.74, 6) is -0.254. The van der Waals surface area contributed by atoms with E-state index in [-0.39, 0.29) is 31.3 Å². The van der Waals surface area contributed by atoms with E-state index < -0.39 is 0 Å². The van der Waals surface area contributed by atoms with Crippen molar-refractivity contribution in [3.63, 3.8) is 0 Å². The molecule has 0 spiro atoms. The van der Waals surface area contributed by atoms with E-state index in [2.05, 4.69) is 9.72 Å². The second-order valence-electron chi connectivity index (χ2n) is 3.80. The fourth-order valence-corrected chi connectivity index (χ4v) is 2.04. The zero-order chi connectivity index (χ0) is 12.4. The van der Waals surface area contributed by atoms with Crippen molar-refractivity contribution in [2.75, 3.05) is 7.11 Å². The molecule has 2 aromatic rings. The van der Waals surface area contributed by atoms with Gasteiger partial charge < -0.3 is 9.30 Å². The molecule has 0 fully saturated rings. The SMILES string of the molecule is COC(=O)CCn1c(Cl)nc2c(C)cccc21.[LiH]. The van der Waals surface area contributed by atoms with Crippen LogP contribution in [0.5, 0.6) is 0 Å². The molecule has 0 bridgehead atoms. The monoisotopic (exact) mass is 260 g/mol. The van der Waals surface area contributed by atoms with Gasteiger partial charge in [0.1, 0.15) is 0 Å². The van der Waals surface area contributed by atoms with Gasteiger partial charge in [-0.25, -0.2) is 4.98 Å². The molecule has 0 aliphatic heterocycles. The summed E-state index contributed by atoms with van der Waals surface area (Å²) in [6.45, 7) is 2.46. The number of aryl methyl sites for hydroxylation is 2. The molecule has 0 aliphatic carbocycles. The van der Waals surface area contributed by atoms with Gasteiger partial charge in [-0.2, -0.15) is 0 Å². The van der Waals surface area contributed by atoms with Crippen LogP contribution in [-0.2, 0) is 16.1 Å². The summed E-state index contributed by atoms with van der Waals surface area (Å²) in [5.41, 5.74) is 2.89. The van der Waals surface area contributed by atoms with Gasteiger partial charge in [-0.15, -0.1) is 0 Å². The number of nitrogens with zero attached hydrogens (tertiary/aromatic N) is 2. The van der Waals surface area contributed by atoms with Gasteiger partial charge in [0.05, 0.1) is 24.6 Å². The summed E-state index contributed by atoms with van der Waals surface area (Å²) in [4.78, 5) is 15.4. The third-order valence-electron chi connectivity index (χ3n) is 2.70. The molecule has 0 radical (unpaired) electrons. The van der Waals surface area contributed by atoms with Crippen LogP contribution in [0.3, 0.4) is 0 Å². The first-order valence-corrected chi connectivity index (χ1v) is 5.69. The Balaban J connectivity index is 0.00000162. The average molecular weight is 261 g/mol. The number of aromatic nitrogens is 2. The van der Waals surface area contributed by atoms with Gasteiger partial charge in [-0.3, -0.25) is 4.79 Å². The van der Waals surface area contributed by atoms with Crippen molar-refractivity contribution in [3.05, 3.63) is 29.0 Å². The number of carbonyl (C=O) groups excluding carboxylic acids is 1. The molecule has 18 heavy (non-hydrogen) atoms. The van der Waals surface area contributed by atoms with Gasteiger partial charge >= 0.3 is 24.8 Å². The third-order valence-corrected chi connectivity index (χ3v) is 2.99. The maximum atomic E-state index is 11.1. The van der Waals surface area contributed by atoms with Gasteiger partial charge in [0.2, 0.25) is 5.28 Å². The molecule has 4 nitrogen and oxygen atoms in total. The number of carbonyl (C=O) groups is 1. The second-order valence-corrected chi connectivity index (χ2v) is 4.14. The number of hydrogen-bond acceptors (Lipinski definition) is 3. The van der Waals surface area contributed by atoms with Gasteiger partial charge in [0.15, 0.2) is 0 Å². The van der Waals surface area contributed by atoms with Gasteiger partial charge in [-0.1, -0.05) is 12.1 Å². The first-order valence-electron chi connectivity index (χ1n) is 5.31. The van der Waals surface area contributed by atoms with Gasteiger partial charge in [0, 0.05) is 6.54 Å². The molecular weight excluding hydrogens is 247 g/mol. The molecule has 1 aromatic carbocycles. The maximum absolute atomic E-state index is 11.1. The molecule has 0 unspecified atom stereocenters. The predicted octanol–water partition coefficient (Wildman–Crippen LogP) is 1.91. The second kappa shape index (κ2) is 6.28. The molecule has 0 aliphatic rings. The fraction of sp³-hybridized carbons (Fsp3) is 0.333. The van der Waals surface area contributed by atoms with Crippen LogP contribution in [0.2, 0.25) is 5.28 Å². The predicted molar refractivity (Wildman–Crippen MR) is 73.3 cm³/mol. The standard InChI is InChI=1S/C12H13ClN2O2.Li.H/c1-8-4-3-5-9-11(8)14-12(13)15(9)7-6-10(16)17-2;;/h3-5H,6-7H2,1-2H3;;. The number of benzene rings is 1. The molecule has 0 saturated carbocycles. The summed E-state index contributed by atoms with van der Waals surface area (Å²) in [5, 5.41) is 0.401. The number of halogens is 1. The zero-order valence-corrected chi connectivity index (χ0v) is 10.5. The van der Waals surface area contributed by atoms with Crippen molar-refractivity contribution in [3.8, 4) is 0 Å². The Kier molecular flexibility index (Phi) is 5.27. The number of methoxy groups -OCH3 is 1. The van der Waals surface area contributed by atoms with E-state index in [0.29, 0.717) is 11.8 Å². The van der Waals surface area contributed by atoms with Crippen molar-refractivity contribution in [1.82, 2.24) is 9.55 Å². The van der Waals surface area contributed by atoms with E-state index in [4.69, 9.17) is 11.6 Å². The number of fused-ring (bicyclic) bond motifs is 1. The number of para-hydroxylation sites is 1. The van der Waals surface area contributed by atoms with Crippen LogP contribution < -0.4 is 0 Å². The van der Waals surface area contributed by atoms with Crippen LogP contribution in [-0.4, -0.2) is 41.5 Å². The Morgan fingerprint density at radius 2 is 2.22 bits per heavy atom. The molecule has 0 N–H and O–H groups in total. The molecular formula is C12H14ClLiN2O2. The van der Waals surface area contributed by atoms with E-state index in [1.54, 1.807) is 0 Å². The van der Waals surface area contributed by atoms with Crippen LogP contribution in [0.15, 0.2) is 18.2 Å². The molecule has 0 atom stereocenters. The van der Waals surface area contributed by atoms with Crippen LogP contribution in [0.1, 0.15) is 12.0 Å². The van der Waals surface area contributed by atoms with E-state index in [1.807, 2.05) is 29.7 Å². The summed E-state index contributed by atoms with van der Waals surface area (Å²) in [6.07, 6.45) is 0.287. The van der Waals surface area contributed by atoms with Gasteiger partial charge in [0.25, 0.3) is 0 Å². The van der Waals surface area contributed by atoms with Crippen LogP contribution in [0, 0.1) is 6.92 Å². The third kappa shape index (κ3) is 2.89. The normalized spacial score (nSPS) is 10.2. The average Bonchev–Trinajstić information content (AvgIpc) is 2.64. The summed E-state index contributed by atoms with van der Waals surface area (Å²) in [6, 6.07) is 5.87. The molecule has 6 heteroatoms. The van der Waals surface area contributed by atoms with Crippen molar-refractivity contribution >= 4 is 47.5 Å². The molecule has 1 heterocycles. The van der Waals surface area contributed by atoms with E-state index in [0.717, 1.165) is 16.6 Å². The van der Waals surface area contributed by atoms with Crippen molar-refractivity contribution < 1.29 is 9.53 Å². The first-order chi connectivity index (χ1) is 8.13. The van der Waals surface area contributed by atoms with Crippen LogP contribution >= 0.6 is 11.6 Å². The van der Waals surface area contributed by atoms with E-state index in [9.17, 15) is 4.79 Å². The van der Waals surface area contributed by atoms with E-state index in [1.165, 1.54) is 7.11 Å². The fourth-order valence-electron chi connectivity index (χ4n) is 1.78. The zero-order valence-electron chi connectivity index (χ0n) is 9.74. The molecule has 0 saturated heterocycles. The number of imidazole rings is 1. The topological polar surface area (TPSA) is 44.1 Å². The summed E-state index contributed by atoms with van der Waals surface area (Å²) in [7, 11) is 1.38. The molecule has 92 valence electrons. The molecule has 1 aromatic heterocycles. The van der Waals surface area contributed by atoms with Crippen molar-refractivity contribution in [2.45, 2.75) is 19.9 Å². The van der Waals surface area contributed by atoms with Crippen molar-refractivity contribution in [1.29, 1.82) is 0 Å². The van der Waals surface area contributed by atoms with Crippen LogP contribution in [0.25, 0.3) is 11.0 Å².